The van der Waals surface area contributed by atoms with Crippen LogP contribution in [-0.2, 0) is 15.9 Å². The molecule has 1 heterocycles. The van der Waals surface area contributed by atoms with E-state index in [0.717, 1.165) is 37.0 Å². The van der Waals surface area contributed by atoms with Crippen molar-refractivity contribution in [3.05, 3.63) is 70.8 Å². The SMILES string of the molecule is CCCc1ccc(C2COC(c3ccc(C4CCC(CCC)CC4)cc3)OC2)cc1. The van der Waals surface area contributed by atoms with E-state index < -0.39 is 0 Å². The van der Waals surface area contributed by atoms with Crippen LogP contribution in [0.15, 0.2) is 48.5 Å². The molecule has 0 radical (unpaired) electrons. The number of ether oxygens (including phenoxy) is 2. The first-order chi connectivity index (χ1) is 14.8. The van der Waals surface area contributed by atoms with Crippen molar-refractivity contribution in [3.8, 4) is 0 Å². The van der Waals surface area contributed by atoms with E-state index in [4.69, 9.17) is 9.47 Å². The van der Waals surface area contributed by atoms with Gasteiger partial charge in [-0.15, -0.1) is 0 Å². The third kappa shape index (κ3) is 5.34. The van der Waals surface area contributed by atoms with Crippen LogP contribution in [0.4, 0.5) is 0 Å². The fourth-order valence-electron chi connectivity index (χ4n) is 5.25. The van der Waals surface area contributed by atoms with E-state index in [1.807, 2.05) is 0 Å². The third-order valence-corrected chi connectivity index (χ3v) is 7.11. The van der Waals surface area contributed by atoms with Gasteiger partial charge in [-0.3, -0.25) is 0 Å². The molecule has 1 saturated heterocycles. The van der Waals surface area contributed by atoms with E-state index in [2.05, 4.69) is 62.4 Å². The average molecular weight is 407 g/mol. The highest BCUT2D eigenvalue weighted by atomic mass is 16.7. The highest BCUT2D eigenvalue weighted by molar-refractivity contribution is 5.28. The summed E-state index contributed by atoms with van der Waals surface area (Å²) < 4.78 is 12.2. The fourth-order valence-corrected chi connectivity index (χ4v) is 5.25. The topological polar surface area (TPSA) is 18.5 Å². The van der Waals surface area contributed by atoms with E-state index in [-0.39, 0.29) is 6.29 Å². The Bertz CT molecular complexity index is 748. The van der Waals surface area contributed by atoms with Crippen LogP contribution in [0.5, 0.6) is 0 Å². The van der Waals surface area contributed by atoms with E-state index >= 15 is 0 Å². The largest absolute Gasteiger partial charge is 0.348 e. The first-order valence-corrected chi connectivity index (χ1v) is 12.2. The molecule has 2 aromatic rings. The Morgan fingerprint density at radius 1 is 0.667 bits per heavy atom. The molecule has 0 bridgehead atoms. The number of rotatable bonds is 7. The van der Waals surface area contributed by atoms with Gasteiger partial charge in [-0.1, -0.05) is 81.6 Å². The predicted octanol–water partition coefficient (Wildman–Crippen LogP) is 7.54. The van der Waals surface area contributed by atoms with Gasteiger partial charge < -0.3 is 9.47 Å². The second-order valence-electron chi connectivity index (χ2n) is 9.36. The minimum absolute atomic E-state index is 0.227. The number of benzene rings is 2. The molecule has 2 aromatic carbocycles. The fraction of sp³-hybridized carbons (Fsp3) is 0.571. The molecule has 0 amide bonds. The second-order valence-corrected chi connectivity index (χ2v) is 9.36. The van der Waals surface area contributed by atoms with Crippen molar-refractivity contribution in [2.24, 2.45) is 5.92 Å². The lowest BCUT2D eigenvalue weighted by molar-refractivity contribution is -0.191. The normalized spacial score (nSPS) is 27.1. The molecule has 0 spiro atoms. The summed E-state index contributed by atoms with van der Waals surface area (Å²) in [5.74, 6) is 2.03. The molecule has 1 aliphatic heterocycles. The summed E-state index contributed by atoms with van der Waals surface area (Å²) in [6, 6.07) is 18.0. The van der Waals surface area contributed by atoms with Crippen molar-refractivity contribution >= 4 is 0 Å². The van der Waals surface area contributed by atoms with Crippen LogP contribution in [0.1, 0.15) is 99.2 Å². The molecule has 30 heavy (non-hydrogen) atoms. The maximum Gasteiger partial charge on any atom is 0.183 e. The molecule has 0 N–H and O–H groups in total. The first kappa shape index (κ1) is 21.6. The average Bonchev–Trinajstić information content (AvgIpc) is 2.81. The molecule has 4 rings (SSSR count). The molecule has 1 aliphatic carbocycles. The highest BCUT2D eigenvalue weighted by Crippen LogP contribution is 2.38. The second kappa shape index (κ2) is 10.6. The summed E-state index contributed by atoms with van der Waals surface area (Å²) in [7, 11) is 0. The van der Waals surface area contributed by atoms with Crippen LogP contribution in [0.2, 0.25) is 0 Å². The molecule has 0 atom stereocenters. The quantitative estimate of drug-likeness (QED) is 0.473. The maximum atomic E-state index is 6.11. The molecule has 0 aromatic heterocycles. The summed E-state index contributed by atoms with van der Waals surface area (Å²) in [5, 5.41) is 0. The zero-order chi connectivity index (χ0) is 20.8. The monoisotopic (exact) mass is 406 g/mol. The van der Waals surface area contributed by atoms with E-state index in [1.165, 1.54) is 61.6 Å². The standard InChI is InChI=1S/C28H38O2/c1-3-5-21-7-11-23(12-8-21)24-15-17-26(18-16-24)28-29-19-27(20-30-28)25-13-9-22(6-4-2)10-14-25/h9-10,13-18,21,23,27-28H,3-8,11-12,19-20H2,1-2H3. The van der Waals surface area contributed by atoms with E-state index in [9.17, 15) is 0 Å². The minimum Gasteiger partial charge on any atom is -0.348 e. The highest BCUT2D eigenvalue weighted by Gasteiger charge is 2.26. The Hall–Kier alpha value is -1.64. The van der Waals surface area contributed by atoms with Crippen LogP contribution >= 0.6 is 0 Å². The van der Waals surface area contributed by atoms with Gasteiger partial charge in [0.15, 0.2) is 6.29 Å². The van der Waals surface area contributed by atoms with Gasteiger partial charge in [-0.05, 0) is 60.6 Å². The summed E-state index contributed by atoms with van der Waals surface area (Å²) in [6.07, 6.45) is 10.3. The molecule has 2 fully saturated rings. The Kier molecular flexibility index (Phi) is 7.62. The van der Waals surface area contributed by atoms with Crippen molar-refractivity contribution in [1.29, 1.82) is 0 Å². The van der Waals surface area contributed by atoms with Gasteiger partial charge in [0.2, 0.25) is 0 Å². The van der Waals surface area contributed by atoms with Gasteiger partial charge >= 0.3 is 0 Å². The molecule has 2 aliphatic rings. The predicted molar refractivity (Wildman–Crippen MR) is 124 cm³/mol. The lowest BCUT2D eigenvalue weighted by atomic mass is 9.77. The van der Waals surface area contributed by atoms with Gasteiger partial charge in [0.25, 0.3) is 0 Å². The van der Waals surface area contributed by atoms with Crippen molar-refractivity contribution in [2.45, 2.75) is 83.3 Å². The van der Waals surface area contributed by atoms with Gasteiger partial charge in [-0.25, -0.2) is 0 Å². The van der Waals surface area contributed by atoms with E-state index in [1.54, 1.807) is 0 Å². The number of hydrogen-bond acceptors (Lipinski definition) is 2. The smallest absolute Gasteiger partial charge is 0.183 e. The van der Waals surface area contributed by atoms with Gasteiger partial charge in [-0.2, -0.15) is 0 Å². The van der Waals surface area contributed by atoms with Crippen molar-refractivity contribution in [3.63, 3.8) is 0 Å². The van der Waals surface area contributed by atoms with Crippen LogP contribution in [0.3, 0.4) is 0 Å². The van der Waals surface area contributed by atoms with Crippen LogP contribution in [0.25, 0.3) is 0 Å². The number of aryl methyl sites for hydroxylation is 1. The van der Waals surface area contributed by atoms with Gasteiger partial charge in [0.1, 0.15) is 0 Å². The summed E-state index contributed by atoms with van der Waals surface area (Å²) >= 11 is 0. The molecule has 1 saturated carbocycles. The summed E-state index contributed by atoms with van der Waals surface area (Å²) in [4.78, 5) is 0. The Morgan fingerprint density at radius 3 is 1.83 bits per heavy atom. The Balaban J connectivity index is 1.29. The van der Waals surface area contributed by atoms with Gasteiger partial charge in [0.05, 0.1) is 13.2 Å². The molecule has 2 heteroatoms. The molecular weight excluding hydrogens is 368 g/mol. The van der Waals surface area contributed by atoms with Crippen molar-refractivity contribution < 1.29 is 9.47 Å². The molecular formula is C28H38O2. The van der Waals surface area contributed by atoms with Crippen molar-refractivity contribution in [2.75, 3.05) is 13.2 Å². The molecule has 2 nitrogen and oxygen atoms in total. The van der Waals surface area contributed by atoms with Crippen LogP contribution in [-0.4, -0.2) is 13.2 Å². The number of hydrogen-bond donors (Lipinski definition) is 0. The van der Waals surface area contributed by atoms with E-state index in [0.29, 0.717) is 5.92 Å². The molecule has 162 valence electrons. The summed E-state index contributed by atoms with van der Waals surface area (Å²) in [6.45, 7) is 5.98. The van der Waals surface area contributed by atoms with Crippen LogP contribution < -0.4 is 0 Å². The summed E-state index contributed by atoms with van der Waals surface area (Å²) in [5.41, 5.74) is 5.38. The first-order valence-electron chi connectivity index (χ1n) is 12.2. The van der Waals surface area contributed by atoms with Crippen LogP contribution in [0, 0.1) is 5.92 Å². The third-order valence-electron chi connectivity index (χ3n) is 7.11. The minimum atomic E-state index is -0.227. The lowest BCUT2D eigenvalue weighted by Gasteiger charge is -2.31. The zero-order valence-electron chi connectivity index (χ0n) is 18.8. The lowest BCUT2D eigenvalue weighted by Crippen LogP contribution is -2.25. The maximum absolute atomic E-state index is 6.11. The molecule has 0 unspecified atom stereocenters. The zero-order valence-corrected chi connectivity index (χ0v) is 18.8. The Morgan fingerprint density at radius 2 is 1.23 bits per heavy atom. The van der Waals surface area contributed by atoms with Gasteiger partial charge in [0, 0.05) is 11.5 Å². The Labute approximate surface area is 183 Å². The van der Waals surface area contributed by atoms with Crippen molar-refractivity contribution in [1.82, 2.24) is 0 Å².